The first kappa shape index (κ1) is 7.87. The van der Waals surface area contributed by atoms with Crippen LogP contribution in [0.5, 0.6) is 0 Å². The molecule has 0 aliphatic heterocycles. The second-order valence-corrected chi connectivity index (χ2v) is 4.82. The minimum atomic E-state index is 0.397. The van der Waals surface area contributed by atoms with E-state index in [2.05, 4.69) is 24.3 Å². The summed E-state index contributed by atoms with van der Waals surface area (Å²) in [6.45, 7) is 0. The molecule has 68 valence electrons. The highest BCUT2D eigenvalue weighted by Gasteiger charge is 2.38. The molecule has 1 saturated carbocycles. The molecule has 2 bridgehead atoms. The van der Waals surface area contributed by atoms with Crippen LogP contribution in [-0.4, -0.2) is 5.38 Å². The number of hydrogen-bond donors (Lipinski definition) is 0. The van der Waals surface area contributed by atoms with E-state index in [0.29, 0.717) is 11.3 Å². The van der Waals surface area contributed by atoms with Crippen molar-refractivity contribution >= 4 is 11.6 Å². The van der Waals surface area contributed by atoms with Gasteiger partial charge in [-0.1, -0.05) is 24.3 Å². The first-order valence-electron chi connectivity index (χ1n) is 5.09. The number of benzene rings is 1. The molecule has 0 saturated heterocycles. The minimum Gasteiger partial charge on any atom is -0.122 e. The van der Waals surface area contributed by atoms with Gasteiger partial charge in [0.2, 0.25) is 0 Å². The second kappa shape index (κ2) is 2.75. The Balaban J connectivity index is 2.16. The summed E-state index contributed by atoms with van der Waals surface area (Å²) in [6, 6.07) is 8.85. The van der Waals surface area contributed by atoms with Gasteiger partial charge < -0.3 is 0 Å². The Morgan fingerprint density at radius 1 is 1.08 bits per heavy atom. The van der Waals surface area contributed by atoms with Crippen LogP contribution in [0.2, 0.25) is 0 Å². The standard InChI is InChI=1S/C12H13Cl/c13-12-7-8-5-6-11(12)10-4-2-1-3-9(8)10/h1-4,8,11-12H,5-7H2. The lowest BCUT2D eigenvalue weighted by Gasteiger charge is -2.41. The molecule has 1 aromatic rings. The van der Waals surface area contributed by atoms with E-state index in [1.807, 2.05) is 0 Å². The van der Waals surface area contributed by atoms with E-state index in [-0.39, 0.29) is 0 Å². The lowest BCUT2D eigenvalue weighted by molar-refractivity contribution is 0.365. The maximum absolute atomic E-state index is 6.34. The third-order valence-electron chi connectivity index (χ3n) is 3.61. The van der Waals surface area contributed by atoms with Crippen LogP contribution in [0.4, 0.5) is 0 Å². The second-order valence-electron chi connectivity index (χ2n) is 4.26. The van der Waals surface area contributed by atoms with Crippen molar-refractivity contribution in [3.8, 4) is 0 Å². The van der Waals surface area contributed by atoms with Crippen molar-refractivity contribution in [1.82, 2.24) is 0 Å². The fraction of sp³-hybridized carbons (Fsp3) is 0.500. The molecule has 4 rings (SSSR count). The van der Waals surface area contributed by atoms with Crippen LogP contribution in [0.3, 0.4) is 0 Å². The minimum absolute atomic E-state index is 0.397. The van der Waals surface area contributed by atoms with E-state index in [9.17, 15) is 0 Å². The number of fused-ring (bicyclic) bond motifs is 2. The fourth-order valence-corrected chi connectivity index (χ4v) is 3.45. The zero-order valence-electron chi connectivity index (χ0n) is 7.54. The fourth-order valence-electron chi connectivity index (χ4n) is 2.97. The van der Waals surface area contributed by atoms with Gasteiger partial charge in [0.1, 0.15) is 0 Å². The summed E-state index contributed by atoms with van der Waals surface area (Å²) in [4.78, 5) is 0. The first-order valence-corrected chi connectivity index (χ1v) is 5.53. The molecule has 0 heterocycles. The topological polar surface area (TPSA) is 0 Å². The van der Waals surface area contributed by atoms with E-state index in [1.165, 1.54) is 24.8 Å². The van der Waals surface area contributed by atoms with Crippen LogP contribution in [0.25, 0.3) is 0 Å². The van der Waals surface area contributed by atoms with Crippen LogP contribution >= 0.6 is 11.6 Å². The molecule has 0 nitrogen and oxygen atoms in total. The van der Waals surface area contributed by atoms with Gasteiger partial charge in [-0.25, -0.2) is 0 Å². The average Bonchev–Trinajstić information content (AvgIpc) is 2.19. The Morgan fingerprint density at radius 3 is 2.62 bits per heavy atom. The molecule has 3 unspecified atom stereocenters. The molecule has 0 amide bonds. The van der Waals surface area contributed by atoms with Gasteiger partial charge in [-0.2, -0.15) is 0 Å². The highest BCUT2D eigenvalue weighted by Crippen LogP contribution is 2.50. The van der Waals surface area contributed by atoms with Gasteiger partial charge in [0, 0.05) is 11.3 Å². The van der Waals surface area contributed by atoms with Crippen molar-refractivity contribution in [3.05, 3.63) is 35.4 Å². The molecule has 0 N–H and O–H groups in total. The van der Waals surface area contributed by atoms with Crippen LogP contribution < -0.4 is 0 Å². The summed E-state index contributed by atoms with van der Waals surface area (Å²) >= 11 is 6.34. The third kappa shape index (κ3) is 1.05. The molecule has 1 fully saturated rings. The largest absolute Gasteiger partial charge is 0.122 e. The van der Waals surface area contributed by atoms with Crippen molar-refractivity contribution in [2.75, 3.05) is 0 Å². The zero-order chi connectivity index (χ0) is 8.84. The summed E-state index contributed by atoms with van der Waals surface area (Å²) in [5, 5.41) is 0.397. The Morgan fingerprint density at radius 2 is 1.85 bits per heavy atom. The van der Waals surface area contributed by atoms with E-state index in [1.54, 1.807) is 5.56 Å². The molecular weight excluding hydrogens is 180 g/mol. The number of alkyl halides is 1. The molecule has 0 radical (unpaired) electrons. The molecule has 3 aliphatic rings. The van der Waals surface area contributed by atoms with E-state index < -0.39 is 0 Å². The summed E-state index contributed by atoms with van der Waals surface area (Å²) < 4.78 is 0. The average molecular weight is 193 g/mol. The predicted octanol–water partition coefficient (Wildman–Crippen LogP) is 3.66. The van der Waals surface area contributed by atoms with Gasteiger partial charge in [-0.3, -0.25) is 0 Å². The lowest BCUT2D eigenvalue weighted by Crippen LogP contribution is -2.30. The Hall–Kier alpha value is -0.490. The zero-order valence-corrected chi connectivity index (χ0v) is 8.30. The van der Waals surface area contributed by atoms with E-state index >= 15 is 0 Å². The smallest absolute Gasteiger partial charge is 0.0410 e. The van der Waals surface area contributed by atoms with E-state index in [4.69, 9.17) is 11.6 Å². The van der Waals surface area contributed by atoms with Crippen molar-refractivity contribution < 1.29 is 0 Å². The van der Waals surface area contributed by atoms with Gasteiger partial charge in [0.05, 0.1) is 0 Å². The van der Waals surface area contributed by atoms with Crippen LogP contribution in [-0.2, 0) is 0 Å². The molecular formula is C12H13Cl. The van der Waals surface area contributed by atoms with Crippen molar-refractivity contribution in [2.24, 2.45) is 0 Å². The summed E-state index contributed by atoms with van der Waals surface area (Å²) in [7, 11) is 0. The molecule has 3 atom stereocenters. The molecule has 13 heavy (non-hydrogen) atoms. The SMILES string of the molecule is ClC1CC2CCC1c1ccccc12. The molecule has 0 spiro atoms. The first-order chi connectivity index (χ1) is 6.36. The highest BCUT2D eigenvalue weighted by atomic mass is 35.5. The monoisotopic (exact) mass is 192 g/mol. The molecule has 1 heteroatoms. The summed E-state index contributed by atoms with van der Waals surface area (Å²) in [5.41, 5.74) is 3.11. The Bertz CT molecular complexity index is 332. The summed E-state index contributed by atoms with van der Waals surface area (Å²) in [5.74, 6) is 1.39. The van der Waals surface area contributed by atoms with Gasteiger partial charge in [-0.05, 0) is 36.3 Å². The quantitative estimate of drug-likeness (QED) is 0.551. The molecule has 0 aromatic heterocycles. The maximum Gasteiger partial charge on any atom is 0.0410 e. The van der Waals surface area contributed by atoms with Crippen molar-refractivity contribution in [2.45, 2.75) is 36.5 Å². The van der Waals surface area contributed by atoms with Gasteiger partial charge >= 0.3 is 0 Å². The lowest BCUT2D eigenvalue weighted by atomic mass is 9.67. The highest BCUT2D eigenvalue weighted by molar-refractivity contribution is 6.21. The number of hydrogen-bond acceptors (Lipinski definition) is 0. The van der Waals surface area contributed by atoms with Crippen LogP contribution in [0, 0.1) is 0 Å². The van der Waals surface area contributed by atoms with Crippen LogP contribution in [0.15, 0.2) is 24.3 Å². The van der Waals surface area contributed by atoms with Gasteiger partial charge in [-0.15, -0.1) is 11.6 Å². The Kier molecular flexibility index (Phi) is 1.66. The van der Waals surface area contributed by atoms with Gasteiger partial charge in [0.15, 0.2) is 0 Å². The third-order valence-corrected chi connectivity index (χ3v) is 4.09. The predicted molar refractivity (Wildman–Crippen MR) is 55.4 cm³/mol. The van der Waals surface area contributed by atoms with Crippen molar-refractivity contribution in [3.63, 3.8) is 0 Å². The van der Waals surface area contributed by atoms with Crippen LogP contribution in [0.1, 0.15) is 42.2 Å². The van der Waals surface area contributed by atoms with Gasteiger partial charge in [0.25, 0.3) is 0 Å². The van der Waals surface area contributed by atoms with Crippen molar-refractivity contribution in [1.29, 1.82) is 0 Å². The maximum atomic E-state index is 6.34. The summed E-state index contributed by atoms with van der Waals surface area (Å²) in [6.07, 6.45) is 3.85. The number of rotatable bonds is 0. The molecule has 1 aromatic carbocycles. The van der Waals surface area contributed by atoms with E-state index in [0.717, 1.165) is 5.92 Å². The normalized spacial score (nSPS) is 35.9. The Labute approximate surface area is 83.9 Å². The molecule has 3 aliphatic carbocycles. The number of halogens is 1.